The van der Waals surface area contributed by atoms with E-state index in [1.54, 1.807) is 36.1 Å². The Balaban J connectivity index is 1.74. The number of halogens is 1. The van der Waals surface area contributed by atoms with E-state index in [2.05, 4.69) is 5.32 Å². The molecule has 0 spiro atoms. The minimum Gasteiger partial charge on any atom is -0.481 e. The Morgan fingerprint density at radius 2 is 1.82 bits per heavy atom. The van der Waals surface area contributed by atoms with E-state index in [4.69, 9.17) is 5.11 Å². The molecule has 6 nitrogen and oxygen atoms in total. The standard InChI is InChI=1S/C21H21FN2O4/c1-13(21(27)28)12-24(18-9-10-18)20(26)15-3-2-4-17(11-15)23-19(25)14-5-7-16(22)8-6-14/h2-8,11,13,18H,9-10,12H2,1H3,(H,23,25)(H,27,28). The Morgan fingerprint density at radius 1 is 1.14 bits per heavy atom. The topological polar surface area (TPSA) is 86.7 Å². The molecule has 0 heterocycles. The SMILES string of the molecule is CC(CN(C(=O)c1cccc(NC(=O)c2ccc(F)cc2)c1)C1CC1)C(=O)O. The van der Waals surface area contributed by atoms with Gasteiger partial charge in [-0.15, -0.1) is 0 Å². The van der Waals surface area contributed by atoms with Crippen molar-refractivity contribution in [3.63, 3.8) is 0 Å². The first-order valence-corrected chi connectivity index (χ1v) is 9.06. The van der Waals surface area contributed by atoms with Crippen LogP contribution in [0.15, 0.2) is 48.5 Å². The van der Waals surface area contributed by atoms with Crippen LogP contribution in [0, 0.1) is 11.7 Å². The highest BCUT2D eigenvalue weighted by atomic mass is 19.1. The second-order valence-electron chi connectivity index (χ2n) is 6.97. The molecule has 0 radical (unpaired) electrons. The Bertz CT molecular complexity index is 894. The van der Waals surface area contributed by atoms with Gasteiger partial charge in [0, 0.05) is 29.4 Å². The zero-order valence-corrected chi connectivity index (χ0v) is 15.4. The summed E-state index contributed by atoms with van der Waals surface area (Å²) in [6.07, 6.45) is 1.72. The van der Waals surface area contributed by atoms with Gasteiger partial charge < -0.3 is 15.3 Å². The zero-order valence-electron chi connectivity index (χ0n) is 15.4. The summed E-state index contributed by atoms with van der Waals surface area (Å²) < 4.78 is 13.0. The first-order valence-electron chi connectivity index (χ1n) is 9.06. The van der Waals surface area contributed by atoms with Gasteiger partial charge in [0.05, 0.1) is 5.92 Å². The van der Waals surface area contributed by atoms with Gasteiger partial charge in [-0.05, 0) is 55.3 Å². The van der Waals surface area contributed by atoms with E-state index in [-0.39, 0.29) is 18.5 Å². The van der Waals surface area contributed by atoms with Crippen molar-refractivity contribution in [1.82, 2.24) is 4.90 Å². The fourth-order valence-electron chi connectivity index (χ4n) is 2.86. The summed E-state index contributed by atoms with van der Waals surface area (Å²) in [5.74, 6) is -2.71. The lowest BCUT2D eigenvalue weighted by atomic mass is 10.1. The Hall–Kier alpha value is -3.22. The highest BCUT2D eigenvalue weighted by Crippen LogP contribution is 2.29. The lowest BCUT2D eigenvalue weighted by Crippen LogP contribution is -2.38. The maximum absolute atomic E-state index is 13.0. The molecule has 0 saturated heterocycles. The molecule has 146 valence electrons. The van der Waals surface area contributed by atoms with E-state index in [1.165, 1.54) is 24.3 Å². The van der Waals surface area contributed by atoms with Gasteiger partial charge in [0.25, 0.3) is 11.8 Å². The molecule has 3 rings (SSSR count). The van der Waals surface area contributed by atoms with Crippen LogP contribution in [-0.4, -0.2) is 40.4 Å². The number of carbonyl (C=O) groups is 3. The average Bonchev–Trinajstić information content (AvgIpc) is 3.51. The normalized spacial score (nSPS) is 14.2. The molecule has 1 atom stereocenters. The molecule has 7 heteroatoms. The third kappa shape index (κ3) is 4.73. The molecule has 1 aliphatic carbocycles. The number of amides is 2. The molecule has 2 aromatic rings. The predicted molar refractivity (Wildman–Crippen MR) is 102 cm³/mol. The number of carboxylic acid groups (broad SMARTS) is 1. The van der Waals surface area contributed by atoms with Gasteiger partial charge in [-0.2, -0.15) is 0 Å². The lowest BCUT2D eigenvalue weighted by molar-refractivity contribution is -0.141. The minimum atomic E-state index is -0.946. The monoisotopic (exact) mass is 384 g/mol. The van der Waals surface area contributed by atoms with E-state index in [0.29, 0.717) is 16.8 Å². The van der Waals surface area contributed by atoms with E-state index in [0.717, 1.165) is 12.8 Å². The molecular formula is C21H21FN2O4. The first kappa shape index (κ1) is 19.5. The third-order valence-corrected chi connectivity index (χ3v) is 4.61. The molecule has 2 amide bonds. The lowest BCUT2D eigenvalue weighted by Gasteiger charge is -2.24. The molecule has 1 aliphatic rings. The zero-order chi connectivity index (χ0) is 20.3. The summed E-state index contributed by atoms with van der Waals surface area (Å²) in [7, 11) is 0. The summed E-state index contributed by atoms with van der Waals surface area (Å²) in [5.41, 5.74) is 1.11. The Kier molecular flexibility index (Phi) is 5.73. The van der Waals surface area contributed by atoms with Crippen molar-refractivity contribution in [2.45, 2.75) is 25.8 Å². The van der Waals surface area contributed by atoms with Crippen molar-refractivity contribution in [3.8, 4) is 0 Å². The molecule has 0 aliphatic heterocycles. The fraction of sp³-hybridized carbons (Fsp3) is 0.286. The van der Waals surface area contributed by atoms with Crippen LogP contribution in [0.25, 0.3) is 0 Å². The molecule has 2 aromatic carbocycles. The number of anilines is 1. The highest BCUT2D eigenvalue weighted by Gasteiger charge is 2.35. The molecule has 0 bridgehead atoms. The molecule has 28 heavy (non-hydrogen) atoms. The Labute approximate surface area is 162 Å². The van der Waals surface area contributed by atoms with Crippen molar-refractivity contribution >= 4 is 23.5 Å². The van der Waals surface area contributed by atoms with Crippen LogP contribution < -0.4 is 5.32 Å². The number of carboxylic acids is 1. The molecular weight excluding hydrogens is 363 g/mol. The summed E-state index contributed by atoms with van der Waals surface area (Å²) in [6, 6.07) is 11.7. The number of carbonyl (C=O) groups excluding carboxylic acids is 2. The van der Waals surface area contributed by atoms with Gasteiger partial charge in [0.15, 0.2) is 0 Å². The summed E-state index contributed by atoms with van der Waals surface area (Å²) in [5, 5.41) is 11.8. The second-order valence-corrected chi connectivity index (χ2v) is 6.97. The van der Waals surface area contributed by atoms with Gasteiger partial charge in [-0.1, -0.05) is 13.0 Å². The predicted octanol–water partition coefficient (Wildman–Crippen LogP) is 3.40. The van der Waals surface area contributed by atoms with Crippen molar-refractivity contribution in [3.05, 3.63) is 65.5 Å². The van der Waals surface area contributed by atoms with Crippen LogP contribution in [0.4, 0.5) is 10.1 Å². The minimum absolute atomic E-state index is 0.0618. The molecule has 1 unspecified atom stereocenters. The van der Waals surface area contributed by atoms with Crippen LogP contribution in [0.5, 0.6) is 0 Å². The van der Waals surface area contributed by atoms with Gasteiger partial charge in [-0.25, -0.2) is 4.39 Å². The number of nitrogens with zero attached hydrogens (tertiary/aromatic N) is 1. The number of hydrogen-bond donors (Lipinski definition) is 2. The summed E-state index contributed by atoms with van der Waals surface area (Å²) >= 11 is 0. The number of benzene rings is 2. The van der Waals surface area contributed by atoms with Crippen molar-refractivity contribution in [2.75, 3.05) is 11.9 Å². The fourth-order valence-corrected chi connectivity index (χ4v) is 2.86. The summed E-state index contributed by atoms with van der Waals surface area (Å²) in [4.78, 5) is 37.9. The second kappa shape index (κ2) is 8.21. The van der Waals surface area contributed by atoms with Gasteiger partial charge in [-0.3, -0.25) is 14.4 Å². The van der Waals surface area contributed by atoms with E-state index >= 15 is 0 Å². The van der Waals surface area contributed by atoms with Crippen LogP contribution in [0.3, 0.4) is 0 Å². The third-order valence-electron chi connectivity index (χ3n) is 4.61. The summed E-state index contributed by atoms with van der Waals surface area (Å²) in [6.45, 7) is 1.72. The van der Waals surface area contributed by atoms with E-state index in [9.17, 15) is 18.8 Å². The largest absolute Gasteiger partial charge is 0.481 e. The van der Waals surface area contributed by atoms with Gasteiger partial charge >= 0.3 is 5.97 Å². The molecule has 2 N–H and O–H groups in total. The van der Waals surface area contributed by atoms with Crippen molar-refractivity contribution < 1.29 is 23.9 Å². The first-order chi connectivity index (χ1) is 13.3. The maximum atomic E-state index is 13.0. The van der Waals surface area contributed by atoms with Gasteiger partial charge in [0.2, 0.25) is 0 Å². The molecule has 1 saturated carbocycles. The van der Waals surface area contributed by atoms with Crippen LogP contribution in [0.1, 0.15) is 40.5 Å². The quantitative estimate of drug-likeness (QED) is 0.766. The smallest absolute Gasteiger partial charge is 0.308 e. The van der Waals surface area contributed by atoms with Crippen molar-refractivity contribution in [2.24, 2.45) is 5.92 Å². The van der Waals surface area contributed by atoms with Gasteiger partial charge in [0.1, 0.15) is 5.82 Å². The number of nitrogens with one attached hydrogen (secondary N) is 1. The average molecular weight is 384 g/mol. The van der Waals surface area contributed by atoms with Crippen LogP contribution in [0.2, 0.25) is 0 Å². The highest BCUT2D eigenvalue weighted by molar-refractivity contribution is 6.05. The van der Waals surface area contributed by atoms with Crippen molar-refractivity contribution in [1.29, 1.82) is 0 Å². The number of rotatable bonds is 7. The van der Waals surface area contributed by atoms with Crippen LogP contribution >= 0.6 is 0 Å². The maximum Gasteiger partial charge on any atom is 0.308 e. The number of aliphatic carboxylic acids is 1. The molecule has 0 aromatic heterocycles. The molecule has 1 fully saturated rings. The van der Waals surface area contributed by atoms with E-state index in [1.807, 2.05) is 0 Å². The van der Waals surface area contributed by atoms with Crippen LogP contribution in [-0.2, 0) is 4.79 Å². The Morgan fingerprint density at radius 3 is 2.43 bits per heavy atom. The van der Waals surface area contributed by atoms with E-state index < -0.39 is 23.6 Å². The number of hydrogen-bond acceptors (Lipinski definition) is 3.